The SMILES string of the molecule is CN(C)c1ccc(N(c2ccc(N(C)C)cc2)N(c2ccc(N(C)C)cc2)c2ccc(N(C)C)cc2)cc1. The molecule has 0 radical (unpaired) electrons. The fourth-order valence-corrected chi connectivity index (χ4v) is 4.33. The molecule has 6 heteroatoms. The molecule has 0 heterocycles. The van der Waals surface area contributed by atoms with Gasteiger partial charge in [0.2, 0.25) is 0 Å². The molecule has 38 heavy (non-hydrogen) atoms. The second-order valence-electron chi connectivity index (χ2n) is 10.3. The lowest BCUT2D eigenvalue weighted by molar-refractivity contribution is 0.985. The minimum absolute atomic E-state index is 1.07. The van der Waals surface area contributed by atoms with Gasteiger partial charge in [0, 0.05) is 79.1 Å². The van der Waals surface area contributed by atoms with Crippen LogP contribution in [0.3, 0.4) is 0 Å². The number of hydrogen-bond acceptors (Lipinski definition) is 6. The van der Waals surface area contributed by atoms with Crippen molar-refractivity contribution in [2.75, 3.05) is 86.0 Å². The Morgan fingerprint density at radius 2 is 0.368 bits per heavy atom. The van der Waals surface area contributed by atoms with Crippen LogP contribution < -0.4 is 29.6 Å². The lowest BCUT2D eigenvalue weighted by Gasteiger charge is -2.39. The summed E-state index contributed by atoms with van der Waals surface area (Å²) in [6.07, 6.45) is 0. The quantitative estimate of drug-likeness (QED) is 0.229. The number of nitrogens with zero attached hydrogens (tertiary/aromatic N) is 6. The van der Waals surface area contributed by atoms with Gasteiger partial charge in [0.15, 0.2) is 0 Å². The first-order valence-corrected chi connectivity index (χ1v) is 12.9. The first kappa shape index (κ1) is 26.7. The summed E-state index contributed by atoms with van der Waals surface area (Å²) in [4.78, 5) is 8.49. The molecule has 0 bridgehead atoms. The van der Waals surface area contributed by atoms with E-state index in [4.69, 9.17) is 0 Å². The molecule has 0 aliphatic heterocycles. The molecule has 4 aromatic carbocycles. The molecule has 0 saturated heterocycles. The zero-order valence-electron chi connectivity index (χ0n) is 23.9. The number of hydrogen-bond donors (Lipinski definition) is 0. The summed E-state index contributed by atoms with van der Waals surface area (Å²) in [5, 5.41) is 4.57. The maximum atomic E-state index is 2.29. The van der Waals surface area contributed by atoms with Crippen LogP contribution in [0, 0.1) is 0 Å². The summed E-state index contributed by atoms with van der Waals surface area (Å²) in [5.41, 5.74) is 8.93. The molecule has 0 saturated carbocycles. The Morgan fingerprint density at radius 3 is 0.500 bits per heavy atom. The fourth-order valence-electron chi connectivity index (χ4n) is 4.33. The van der Waals surface area contributed by atoms with Crippen LogP contribution in [0.1, 0.15) is 0 Å². The highest BCUT2D eigenvalue weighted by molar-refractivity contribution is 5.79. The van der Waals surface area contributed by atoms with Crippen molar-refractivity contribution in [1.82, 2.24) is 0 Å². The van der Waals surface area contributed by atoms with E-state index < -0.39 is 0 Å². The standard InChI is InChI=1S/C32H40N6/c1-33(2)25-9-17-29(18-10-25)37(30-19-11-26(12-20-30)34(3)4)38(31-21-13-27(14-22-31)35(5)6)32-23-15-28(16-24-32)36(7)8/h9-24H,1-8H3. The Labute approximate surface area is 228 Å². The Kier molecular flexibility index (Phi) is 8.01. The van der Waals surface area contributed by atoms with Crippen LogP contribution in [0.4, 0.5) is 45.5 Å². The van der Waals surface area contributed by atoms with Gasteiger partial charge < -0.3 is 19.6 Å². The Balaban J connectivity index is 1.91. The molecule has 0 spiro atoms. The van der Waals surface area contributed by atoms with E-state index in [0.717, 1.165) is 45.5 Å². The van der Waals surface area contributed by atoms with Gasteiger partial charge in [-0.2, -0.15) is 0 Å². The Morgan fingerprint density at radius 1 is 0.237 bits per heavy atom. The van der Waals surface area contributed by atoms with Crippen molar-refractivity contribution in [3.8, 4) is 0 Å². The van der Waals surface area contributed by atoms with Gasteiger partial charge in [0.1, 0.15) is 0 Å². The van der Waals surface area contributed by atoms with E-state index in [2.05, 4.69) is 183 Å². The Hall–Kier alpha value is -4.32. The molecule has 198 valence electrons. The van der Waals surface area contributed by atoms with Gasteiger partial charge in [-0.1, -0.05) is 0 Å². The molecule has 0 aliphatic carbocycles. The normalized spacial score (nSPS) is 10.6. The Bertz CT molecular complexity index is 1080. The van der Waals surface area contributed by atoms with E-state index >= 15 is 0 Å². The molecular formula is C32H40N6. The molecule has 0 fully saturated rings. The van der Waals surface area contributed by atoms with E-state index in [0.29, 0.717) is 0 Å². The summed E-state index contributed by atoms with van der Waals surface area (Å²) in [7, 11) is 16.5. The molecule has 4 aromatic rings. The van der Waals surface area contributed by atoms with Crippen LogP contribution in [0.2, 0.25) is 0 Å². The van der Waals surface area contributed by atoms with Gasteiger partial charge in [0.05, 0.1) is 22.7 Å². The van der Waals surface area contributed by atoms with Crippen molar-refractivity contribution in [2.24, 2.45) is 0 Å². The average molecular weight is 509 g/mol. The molecule has 0 aromatic heterocycles. The van der Waals surface area contributed by atoms with Gasteiger partial charge in [-0.25, -0.2) is 10.0 Å². The minimum atomic E-state index is 1.07. The number of anilines is 8. The highest BCUT2D eigenvalue weighted by Gasteiger charge is 2.22. The van der Waals surface area contributed by atoms with E-state index in [-0.39, 0.29) is 0 Å². The lowest BCUT2D eigenvalue weighted by atomic mass is 10.2. The third kappa shape index (κ3) is 5.80. The van der Waals surface area contributed by atoms with Crippen LogP contribution in [-0.4, -0.2) is 56.4 Å². The predicted molar refractivity (Wildman–Crippen MR) is 167 cm³/mol. The monoisotopic (exact) mass is 508 g/mol. The molecule has 6 nitrogen and oxygen atoms in total. The third-order valence-corrected chi connectivity index (χ3v) is 6.64. The highest BCUT2D eigenvalue weighted by atomic mass is 15.6. The van der Waals surface area contributed by atoms with Crippen LogP contribution >= 0.6 is 0 Å². The molecule has 4 rings (SSSR count). The largest absolute Gasteiger partial charge is 0.378 e. The van der Waals surface area contributed by atoms with Gasteiger partial charge in [-0.15, -0.1) is 0 Å². The smallest absolute Gasteiger partial charge is 0.0638 e. The zero-order valence-corrected chi connectivity index (χ0v) is 23.9. The van der Waals surface area contributed by atoms with Crippen LogP contribution in [0.15, 0.2) is 97.1 Å². The lowest BCUT2D eigenvalue weighted by Crippen LogP contribution is -2.36. The van der Waals surface area contributed by atoms with Crippen molar-refractivity contribution < 1.29 is 0 Å². The highest BCUT2D eigenvalue weighted by Crippen LogP contribution is 2.38. The maximum Gasteiger partial charge on any atom is 0.0638 e. The summed E-state index contributed by atoms with van der Waals surface area (Å²) in [6, 6.07) is 34.8. The summed E-state index contributed by atoms with van der Waals surface area (Å²) in [5.74, 6) is 0. The van der Waals surface area contributed by atoms with Crippen LogP contribution in [-0.2, 0) is 0 Å². The van der Waals surface area contributed by atoms with Crippen LogP contribution in [0.25, 0.3) is 0 Å². The van der Waals surface area contributed by atoms with Crippen molar-refractivity contribution >= 4 is 45.5 Å². The zero-order chi connectivity index (χ0) is 27.4. The molecule has 0 aliphatic rings. The van der Waals surface area contributed by atoms with E-state index in [1.807, 2.05) is 0 Å². The first-order valence-electron chi connectivity index (χ1n) is 12.9. The molecule has 0 unspecified atom stereocenters. The van der Waals surface area contributed by atoms with Gasteiger partial charge >= 0.3 is 0 Å². The number of hydrazine groups is 1. The molecular weight excluding hydrogens is 468 g/mol. The number of benzene rings is 4. The second-order valence-corrected chi connectivity index (χ2v) is 10.3. The topological polar surface area (TPSA) is 19.4 Å². The average Bonchev–Trinajstić information content (AvgIpc) is 2.92. The van der Waals surface area contributed by atoms with Gasteiger partial charge in [-0.3, -0.25) is 0 Å². The third-order valence-electron chi connectivity index (χ3n) is 6.64. The van der Waals surface area contributed by atoms with Crippen molar-refractivity contribution in [3.05, 3.63) is 97.1 Å². The van der Waals surface area contributed by atoms with E-state index in [1.165, 1.54) is 0 Å². The van der Waals surface area contributed by atoms with E-state index in [1.54, 1.807) is 0 Å². The number of rotatable bonds is 9. The van der Waals surface area contributed by atoms with Gasteiger partial charge in [-0.05, 0) is 97.1 Å². The van der Waals surface area contributed by atoms with Crippen molar-refractivity contribution in [2.45, 2.75) is 0 Å². The van der Waals surface area contributed by atoms with Crippen LogP contribution in [0.5, 0.6) is 0 Å². The minimum Gasteiger partial charge on any atom is -0.378 e. The second kappa shape index (κ2) is 11.4. The molecule has 0 atom stereocenters. The molecule has 0 amide bonds. The van der Waals surface area contributed by atoms with Crippen molar-refractivity contribution in [1.29, 1.82) is 0 Å². The summed E-state index contributed by atoms with van der Waals surface area (Å²) >= 11 is 0. The molecule has 0 N–H and O–H groups in total. The van der Waals surface area contributed by atoms with Crippen molar-refractivity contribution in [3.63, 3.8) is 0 Å². The van der Waals surface area contributed by atoms with E-state index in [9.17, 15) is 0 Å². The summed E-state index contributed by atoms with van der Waals surface area (Å²) < 4.78 is 0. The maximum absolute atomic E-state index is 2.29. The first-order chi connectivity index (χ1) is 18.2. The summed E-state index contributed by atoms with van der Waals surface area (Å²) in [6.45, 7) is 0. The fraction of sp³-hybridized carbons (Fsp3) is 0.250. The predicted octanol–water partition coefficient (Wildman–Crippen LogP) is 6.84. The van der Waals surface area contributed by atoms with Gasteiger partial charge in [0.25, 0.3) is 0 Å².